The normalized spacial score (nSPS) is 16.9. The van der Waals surface area contributed by atoms with Gasteiger partial charge in [0.1, 0.15) is 5.82 Å². The summed E-state index contributed by atoms with van der Waals surface area (Å²) < 4.78 is 18.8. The number of ether oxygens (including phenoxy) is 1. The molecule has 0 radical (unpaired) electrons. The molecule has 0 bridgehead atoms. The minimum Gasteiger partial charge on any atom is -0.399 e. The van der Waals surface area contributed by atoms with E-state index in [9.17, 15) is 9.18 Å². The molecule has 1 saturated heterocycles. The first-order chi connectivity index (χ1) is 9.15. The van der Waals surface area contributed by atoms with Crippen molar-refractivity contribution in [2.75, 3.05) is 43.9 Å². The van der Waals surface area contributed by atoms with Crippen LogP contribution in [0.3, 0.4) is 0 Å². The second-order valence-corrected chi connectivity index (χ2v) is 4.53. The highest BCUT2D eigenvalue weighted by atomic mass is 19.1. The van der Waals surface area contributed by atoms with E-state index in [1.54, 1.807) is 0 Å². The highest BCUT2D eigenvalue weighted by Gasteiger charge is 2.14. The highest BCUT2D eigenvalue weighted by molar-refractivity contribution is 5.92. The largest absolute Gasteiger partial charge is 0.399 e. The molecule has 1 heterocycles. The Hall–Kier alpha value is -1.66. The van der Waals surface area contributed by atoms with Crippen LogP contribution in [0.4, 0.5) is 15.8 Å². The van der Waals surface area contributed by atoms with Gasteiger partial charge in [-0.3, -0.25) is 9.69 Å². The van der Waals surface area contributed by atoms with Gasteiger partial charge >= 0.3 is 0 Å². The van der Waals surface area contributed by atoms with Crippen molar-refractivity contribution < 1.29 is 13.9 Å². The second kappa shape index (κ2) is 6.49. The smallest absolute Gasteiger partial charge is 0.238 e. The monoisotopic (exact) mass is 267 g/mol. The Balaban J connectivity index is 1.91. The van der Waals surface area contributed by atoms with Crippen LogP contribution in [0.1, 0.15) is 6.42 Å². The van der Waals surface area contributed by atoms with Gasteiger partial charge in [-0.15, -0.1) is 0 Å². The van der Waals surface area contributed by atoms with Crippen molar-refractivity contribution in [3.63, 3.8) is 0 Å². The van der Waals surface area contributed by atoms with E-state index >= 15 is 0 Å². The molecule has 0 spiro atoms. The van der Waals surface area contributed by atoms with Gasteiger partial charge in [0.15, 0.2) is 0 Å². The fourth-order valence-electron chi connectivity index (χ4n) is 1.99. The number of anilines is 2. The van der Waals surface area contributed by atoms with Crippen LogP contribution >= 0.6 is 0 Å². The number of hydrogen-bond acceptors (Lipinski definition) is 4. The second-order valence-electron chi connectivity index (χ2n) is 4.53. The van der Waals surface area contributed by atoms with E-state index in [0.29, 0.717) is 18.8 Å². The molecular weight excluding hydrogens is 249 g/mol. The molecule has 0 unspecified atom stereocenters. The maximum atomic E-state index is 13.5. The minimum atomic E-state index is -0.484. The van der Waals surface area contributed by atoms with Gasteiger partial charge < -0.3 is 15.8 Å². The molecule has 1 amide bonds. The summed E-state index contributed by atoms with van der Waals surface area (Å²) in [6, 6.07) is 4.11. The highest BCUT2D eigenvalue weighted by Crippen LogP contribution is 2.17. The molecule has 1 aromatic rings. The Morgan fingerprint density at radius 3 is 3.11 bits per heavy atom. The lowest BCUT2D eigenvalue weighted by Gasteiger charge is -2.18. The summed E-state index contributed by atoms with van der Waals surface area (Å²) in [6.45, 7) is 3.11. The van der Waals surface area contributed by atoms with Crippen molar-refractivity contribution in [3.05, 3.63) is 24.0 Å². The summed E-state index contributed by atoms with van der Waals surface area (Å²) in [6.07, 6.45) is 0.903. The molecule has 1 aliphatic heterocycles. The Morgan fingerprint density at radius 2 is 2.26 bits per heavy atom. The lowest BCUT2D eigenvalue weighted by molar-refractivity contribution is -0.117. The number of benzene rings is 1. The van der Waals surface area contributed by atoms with Gasteiger partial charge in [-0.25, -0.2) is 4.39 Å². The van der Waals surface area contributed by atoms with Crippen molar-refractivity contribution >= 4 is 17.3 Å². The number of halogens is 1. The molecule has 0 saturated carbocycles. The number of hydrogen-bond donors (Lipinski definition) is 2. The zero-order chi connectivity index (χ0) is 13.7. The van der Waals surface area contributed by atoms with E-state index in [2.05, 4.69) is 5.32 Å². The predicted molar refractivity (Wildman–Crippen MR) is 71.3 cm³/mol. The Labute approximate surface area is 111 Å². The van der Waals surface area contributed by atoms with Crippen LogP contribution in [0.25, 0.3) is 0 Å². The number of rotatable bonds is 3. The summed E-state index contributed by atoms with van der Waals surface area (Å²) in [5.41, 5.74) is 6.10. The van der Waals surface area contributed by atoms with E-state index in [4.69, 9.17) is 10.5 Å². The number of nitrogen functional groups attached to an aromatic ring is 1. The van der Waals surface area contributed by atoms with Gasteiger partial charge in [0.2, 0.25) is 5.91 Å². The van der Waals surface area contributed by atoms with Crippen molar-refractivity contribution in [3.8, 4) is 0 Å². The first-order valence-corrected chi connectivity index (χ1v) is 6.30. The Bertz CT molecular complexity index is 446. The molecule has 1 fully saturated rings. The Kier molecular flexibility index (Phi) is 4.70. The van der Waals surface area contributed by atoms with E-state index in [1.807, 2.05) is 4.90 Å². The summed E-state index contributed by atoms with van der Waals surface area (Å²) in [4.78, 5) is 13.8. The van der Waals surface area contributed by atoms with Crippen LogP contribution in [0.15, 0.2) is 18.2 Å². The van der Waals surface area contributed by atoms with Crippen LogP contribution < -0.4 is 11.1 Å². The van der Waals surface area contributed by atoms with Crippen LogP contribution in [-0.2, 0) is 9.53 Å². The van der Waals surface area contributed by atoms with E-state index in [1.165, 1.54) is 18.2 Å². The van der Waals surface area contributed by atoms with E-state index in [-0.39, 0.29) is 18.1 Å². The predicted octanol–water partition coefficient (Wildman–Crippen LogP) is 1.07. The number of carbonyl (C=O) groups is 1. The standard InChI is InChI=1S/C13H18FN3O2/c14-11-3-2-10(15)8-12(11)16-13(18)9-17-4-1-6-19-7-5-17/h2-3,8H,1,4-7,9,15H2,(H,16,18). The molecule has 1 aliphatic rings. The van der Waals surface area contributed by atoms with Crippen LogP contribution in [0, 0.1) is 5.82 Å². The van der Waals surface area contributed by atoms with E-state index < -0.39 is 5.82 Å². The summed E-state index contributed by atoms with van der Waals surface area (Å²) in [5.74, 6) is -0.729. The SMILES string of the molecule is Nc1ccc(F)c(NC(=O)CN2CCCOCC2)c1. The molecule has 19 heavy (non-hydrogen) atoms. The maximum absolute atomic E-state index is 13.5. The molecule has 0 atom stereocenters. The summed E-state index contributed by atoms with van der Waals surface area (Å²) in [7, 11) is 0. The third-order valence-electron chi connectivity index (χ3n) is 2.95. The topological polar surface area (TPSA) is 67.6 Å². The van der Waals surface area contributed by atoms with Gasteiger partial charge in [-0.1, -0.05) is 0 Å². The molecule has 1 aromatic carbocycles. The van der Waals surface area contributed by atoms with E-state index in [0.717, 1.165) is 19.6 Å². The molecular formula is C13H18FN3O2. The van der Waals surface area contributed by atoms with Gasteiger partial charge in [-0.05, 0) is 24.6 Å². The molecule has 3 N–H and O–H groups in total. The fraction of sp³-hybridized carbons (Fsp3) is 0.462. The van der Waals surface area contributed by atoms with Crippen molar-refractivity contribution in [1.29, 1.82) is 0 Å². The van der Waals surface area contributed by atoms with Crippen molar-refractivity contribution in [2.24, 2.45) is 0 Å². The summed E-state index contributed by atoms with van der Waals surface area (Å²) in [5, 5.41) is 2.54. The van der Waals surface area contributed by atoms with Gasteiger partial charge in [-0.2, -0.15) is 0 Å². The lowest BCUT2D eigenvalue weighted by atomic mass is 10.2. The molecule has 0 aliphatic carbocycles. The van der Waals surface area contributed by atoms with Crippen molar-refractivity contribution in [1.82, 2.24) is 4.90 Å². The number of amides is 1. The first kappa shape index (κ1) is 13.8. The molecule has 104 valence electrons. The van der Waals surface area contributed by atoms with Crippen LogP contribution in [0.2, 0.25) is 0 Å². The number of nitrogens with one attached hydrogen (secondary N) is 1. The third-order valence-corrected chi connectivity index (χ3v) is 2.95. The number of nitrogens with zero attached hydrogens (tertiary/aromatic N) is 1. The zero-order valence-corrected chi connectivity index (χ0v) is 10.7. The number of carbonyl (C=O) groups excluding carboxylic acids is 1. The van der Waals surface area contributed by atoms with Gasteiger partial charge in [0, 0.05) is 25.4 Å². The third kappa shape index (κ3) is 4.18. The van der Waals surface area contributed by atoms with Crippen LogP contribution in [-0.4, -0.2) is 43.7 Å². The van der Waals surface area contributed by atoms with Crippen LogP contribution in [0.5, 0.6) is 0 Å². The zero-order valence-electron chi connectivity index (χ0n) is 10.7. The molecule has 6 heteroatoms. The average Bonchev–Trinajstić information content (AvgIpc) is 2.62. The quantitative estimate of drug-likeness (QED) is 0.804. The molecule has 5 nitrogen and oxygen atoms in total. The minimum absolute atomic E-state index is 0.121. The summed E-state index contributed by atoms with van der Waals surface area (Å²) >= 11 is 0. The molecule has 2 rings (SSSR count). The number of nitrogens with two attached hydrogens (primary N) is 1. The lowest BCUT2D eigenvalue weighted by Crippen LogP contribution is -2.35. The fourth-order valence-corrected chi connectivity index (χ4v) is 1.99. The molecule has 0 aromatic heterocycles. The Morgan fingerprint density at radius 1 is 1.42 bits per heavy atom. The average molecular weight is 267 g/mol. The van der Waals surface area contributed by atoms with Gasteiger partial charge in [0.25, 0.3) is 0 Å². The van der Waals surface area contributed by atoms with Crippen molar-refractivity contribution in [2.45, 2.75) is 6.42 Å². The van der Waals surface area contributed by atoms with Gasteiger partial charge in [0.05, 0.1) is 18.8 Å². The maximum Gasteiger partial charge on any atom is 0.238 e. The first-order valence-electron chi connectivity index (χ1n) is 6.30.